The van der Waals surface area contributed by atoms with Crippen molar-refractivity contribution in [2.24, 2.45) is 11.7 Å². The molecule has 1 atom stereocenters. The highest BCUT2D eigenvalue weighted by molar-refractivity contribution is 6.43. The van der Waals surface area contributed by atoms with Crippen LogP contribution in [0, 0.1) is 5.92 Å². The summed E-state index contributed by atoms with van der Waals surface area (Å²) < 4.78 is 0. The fraction of sp³-hybridized carbons (Fsp3) is 0.500. The summed E-state index contributed by atoms with van der Waals surface area (Å²) >= 11 is 11.7. The lowest BCUT2D eigenvalue weighted by Gasteiger charge is -2.20. The van der Waals surface area contributed by atoms with Gasteiger partial charge in [-0.3, -0.25) is 0 Å². The monoisotopic (exact) mass is 295 g/mol. The molecule has 0 aliphatic heterocycles. The average Bonchev–Trinajstić information content (AvgIpc) is 2.79. The van der Waals surface area contributed by atoms with Crippen LogP contribution < -0.4 is 5.73 Å². The van der Waals surface area contributed by atoms with Gasteiger partial charge in [0.2, 0.25) is 0 Å². The summed E-state index contributed by atoms with van der Waals surface area (Å²) in [6, 6.07) is 3.32. The predicted molar refractivity (Wildman–Crippen MR) is 74.3 cm³/mol. The van der Waals surface area contributed by atoms with Crippen LogP contribution in [0.2, 0.25) is 10.0 Å². The summed E-state index contributed by atoms with van der Waals surface area (Å²) in [6.45, 7) is 0. The van der Waals surface area contributed by atoms with E-state index in [2.05, 4.69) is 0 Å². The second-order valence-corrected chi connectivity index (χ2v) is 5.15. The van der Waals surface area contributed by atoms with E-state index in [1.54, 1.807) is 12.1 Å². The van der Waals surface area contributed by atoms with Gasteiger partial charge in [0.1, 0.15) is 10.8 Å². The molecule has 0 aromatic heterocycles. The third-order valence-electron chi connectivity index (χ3n) is 3.37. The van der Waals surface area contributed by atoms with Crippen molar-refractivity contribution in [3.63, 3.8) is 0 Å². The van der Waals surface area contributed by atoms with Crippen molar-refractivity contribution in [3.05, 3.63) is 27.7 Å². The standard InChI is InChI=1S/C12H15Cl2NO.ClH/c13-9-6-5-8(12(16)10(9)14)11(15)7-3-1-2-4-7;/h5-7,11,16H,1-4,15H2;1H/t11-;/m0./s1. The molecule has 1 aliphatic carbocycles. The van der Waals surface area contributed by atoms with Crippen molar-refractivity contribution >= 4 is 35.6 Å². The third kappa shape index (κ3) is 3.00. The van der Waals surface area contributed by atoms with Crippen LogP contribution in [0.4, 0.5) is 0 Å². The molecule has 1 fully saturated rings. The molecule has 0 radical (unpaired) electrons. The number of halogens is 3. The Kier molecular flexibility index (Phi) is 5.39. The first-order valence-electron chi connectivity index (χ1n) is 5.53. The fourth-order valence-corrected chi connectivity index (χ4v) is 2.72. The SMILES string of the molecule is Cl.N[C@H](c1ccc(Cl)c(Cl)c1O)C1CCCC1. The van der Waals surface area contributed by atoms with Gasteiger partial charge in [0.25, 0.3) is 0 Å². The molecule has 0 heterocycles. The molecule has 1 saturated carbocycles. The molecule has 1 aromatic carbocycles. The molecule has 2 rings (SSSR count). The third-order valence-corrected chi connectivity index (χ3v) is 4.16. The van der Waals surface area contributed by atoms with E-state index in [-0.39, 0.29) is 29.2 Å². The van der Waals surface area contributed by atoms with Gasteiger partial charge in [0.05, 0.1) is 5.02 Å². The Hall–Kier alpha value is -0.150. The number of hydrogen-bond donors (Lipinski definition) is 2. The maximum absolute atomic E-state index is 9.91. The highest BCUT2D eigenvalue weighted by Gasteiger charge is 2.26. The van der Waals surface area contributed by atoms with Crippen molar-refractivity contribution in [1.29, 1.82) is 0 Å². The Morgan fingerprint density at radius 1 is 1.24 bits per heavy atom. The Labute approximate surface area is 118 Å². The minimum Gasteiger partial charge on any atom is -0.506 e. The zero-order valence-corrected chi connectivity index (χ0v) is 11.7. The van der Waals surface area contributed by atoms with E-state index in [1.165, 1.54) is 12.8 Å². The minimum atomic E-state index is -0.141. The number of phenols is 1. The van der Waals surface area contributed by atoms with E-state index in [0.717, 1.165) is 12.8 Å². The molecular weight excluding hydrogens is 280 g/mol. The zero-order chi connectivity index (χ0) is 11.7. The number of aromatic hydroxyl groups is 1. The van der Waals surface area contributed by atoms with E-state index >= 15 is 0 Å². The molecule has 1 aliphatic rings. The Balaban J connectivity index is 0.00000144. The Morgan fingerprint density at radius 3 is 2.41 bits per heavy atom. The van der Waals surface area contributed by atoms with Gasteiger partial charge in [-0.15, -0.1) is 12.4 Å². The lowest BCUT2D eigenvalue weighted by atomic mass is 9.92. The molecule has 96 valence electrons. The van der Waals surface area contributed by atoms with E-state index in [0.29, 0.717) is 16.5 Å². The summed E-state index contributed by atoms with van der Waals surface area (Å²) in [7, 11) is 0. The summed E-state index contributed by atoms with van der Waals surface area (Å²) in [5, 5.41) is 10.5. The highest BCUT2D eigenvalue weighted by Crippen LogP contribution is 2.41. The molecule has 3 N–H and O–H groups in total. The van der Waals surface area contributed by atoms with Gasteiger partial charge < -0.3 is 10.8 Å². The smallest absolute Gasteiger partial charge is 0.140 e. The molecule has 0 unspecified atom stereocenters. The predicted octanol–water partition coefficient (Wildman–Crippen LogP) is 4.31. The fourth-order valence-electron chi connectivity index (χ4n) is 2.39. The van der Waals surface area contributed by atoms with Gasteiger partial charge in [0.15, 0.2) is 0 Å². The lowest BCUT2D eigenvalue weighted by molar-refractivity contribution is 0.412. The van der Waals surface area contributed by atoms with Gasteiger partial charge in [-0.2, -0.15) is 0 Å². The van der Waals surface area contributed by atoms with Crippen LogP contribution in [-0.2, 0) is 0 Å². The van der Waals surface area contributed by atoms with Crippen LogP contribution in [-0.4, -0.2) is 5.11 Å². The van der Waals surface area contributed by atoms with Crippen LogP contribution in [0.1, 0.15) is 37.3 Å². The van der Waals surface area contributed by atoms with Crippen molar-refractivity contribution in [2.75, 3.05) is 0 Å². The molecule has 5 heteroatoms. The lowest BCUT2D eigenvalue weighted by Crippen LogP contribution is -2.19. The number of nitrogens with two attached hydrogens (primary N) is 1. The van der Waals surface area contributed by atoms with E-state index in [4.69, 9.17) is 28.9 Å². The second kappa shape index (κ2) is 6.14. The average molecular weight is 297 g/mol. The van der Waals surface area contributed by atoms with Crippen LogP contribution in [0.3, 0.4) is 0 Å². The van der Waals surface area contributed by atoms with E-state index in [9.17, 15) is 5.11 Å². The van der Waals surface area contributed by atoms with Crippen LogP contribution in [0.15, 0.2) is 12.1 Å². The summed E-state index contributed by atoms with van der Waals surface area (Å²) in [4.78, 5) is 0. The largest absolute Gasteiger partial charge is 0.506 e. The number of benzene rings is 1. The van der Waals surface area contributed by atoms with Crippen LogP contribution >= 0.6 is 35.6 Å². The summed E-state index contributed by atoms with van der Waals surface area (Å²) in [5.41, 5.74) is 6.87. The van der Waals surface area contributed by atoms with Crippen molar-refractivity contribution in [2.45, 2.75) is 31.7 Å². The molecule has 0 amide bonds. The number of hydrogen-bond acceptors (Lipinski definition) is 2. The second-order valence-electron chi connectivity index (χ2n) is 4.37. The maximum Gasteiger partial charge on any atom is 0.140 e. The maximum atomic E-state index is 9.91. The summed E-state index contributed by atoms with van der Waals surface area (Å²) in [5.74, 6) is 0.483. The van der Waals surface area contributed by atoms with Gasteiger partial charge >= 0.3 is 0 Å². The normalized spacial score (nSPS) is 17.8. The van der Waals surface area contributed by atoms with Gasteiger partial charge in [-0.25, -0.2) is 0 Å². The van der Waals surface area contributed by atoms with Crippen molar-refractivity contribution < 1.29 is 5.11 Å². The molecule has 0 saturated heterocycles. The van der Waals surface area contributed by atoms with Crippen molar-refractivity contribution in [1.82, 2.24) is 0 Å². The summed E-state index contributed by atoms with van der Waals surface area (Å²) in [6.07, 6.45) is 4.70. The van der Waals surface area contributed by atoms with Crippen molar-refractivity contribution in [3.8, 4) is 5.75 Å². The molecule has 1 aromatic rings. The first-order chi connectivity index (χ1) is 7.61. The molecule has 0 bridgehead atoms. The minimum absolute atomic E-state index is 0. The molecule has 2 nitrogen and oxygen atoms in total. The Bertz CT molecular complexity index is 392. The van der Waals surface area contributed by atoms with Gasteiger partial charge in [0, 0.05) is 11.6 Å². The Morgan fingerprint density at radius 2 is 1.82 bits per heavy atom. The first-order valence-corrected chi connectivity index (χ1v) is 6.29. The number of rotatable bonds is 2. The highest BCUT2D eigenvalue weighted by atomic mass is 35.5. The molecule has 0 spiro atoms. The molecular formula is C12H16Cl3NO. The quantitative estimate of drug-likeness (QED) is 0.854. The topological polar surface area (TPSA) is 46.2 Å². The van der Waals surface area contributed by atoms with Gasteiger partial charge in [-0.05, 0) is 24.8 Å². The van der Waals surface area contributed by atoms with Crippen LogP contribution in [0.5, 0.6) is 5.75 Å². The van der Waals surface area contributed by atoms with Gasteiger partial charge in [-0.1, -0.05) is 42.1 Å². The van der Waals surface area contributed by atoms with E-state index in [1.807, 2.05) is 0 Å². The zero-order valence-electron chi connectivity index (χ0n) is 9.33. The van der Waals surface area contributed by atoms with Crippen LogP contribution in [0.25, 0.3) is 0 Å². The molecule has 17 heavy (non-hydrogen) atoms. The van der Waals surface area contributed by atoms with E-state index < -0.39 is 0 Å². The number of phenolic OH excluding ortho intramolecular Hbond substituents is 1. The first kappa shape index (κ1) is 14.9.